The molecule has 2 amide bonds. The highest BCUT2D eigenvalue weighted by atomic mass is 35.5. The highest BCUT2D eigenvalue weighted by Crippen LogP contribution is 2.55. The summed E-state index contributed by atoms with van der Waals surface area (Å²) in [6.45, 7) is 0. The predicted molar refractivity (Wildman–Crippen MR) is 122 cm³/mol. The summed E-state index contributed by atoms with van der Waals surface area (Å²) in [5.41, 5.74) is 1.31. The van der Waals surface area contributed by atoms with Crippen molar-refractivity contribution in [1.29, 1.82) is 0 Å². The van der Waals surface area contributed by atoms with E-state index in [2.05, 4.69) is 10.6 Å². The van der Waals surface area contributed by atoms with Crippen LogP contribution in [0.15, 0.2) is 54.6 Å². The van der Waals surface area contributed by atoms with Gasteiger partial charge in [-0.1, -0.05) is 54.1 Å². The molecule has 2 aromatic carbocycles. The lowest BCUT2D eigenvalue weighted by Gasteiger charge is -2.57. The van der Waals surface area contributed by atoms with E-state index >= 15 is 0 Å². The van der Waals surface area contributed by atoms with Gasteiger partial charge in [-0.2, -0.15) is 0 Å². The molecule has 0 unspecified atom stereocenters. The Balaban J connectivity index is 1.31. The van der Waals surface area contributed by atoms with E-state index in [4.69, 9.17) is 11.6 Å². The van der Waals surface area contributed by atoms with Crippen LogP contribution in [0.4, 0.5) is 0 Å². The van der Waals surface area contributed by atoms with Crippen LogP contribution < -0.4 is 10.6 Å². The summed E-state index contributed by atoms with van der Waals surface area (Å²) in [7, 11) is 0. The molecule has 2 aromatic rings. The van der Waals surface area contributed by atoms with Gasteiger partial charge in [0.15, 0.2) is 0 Å². The van der Waals surface area contributed by atoms with Crippen LogP contribution in [0, 0.1) is 17.8 Å². The molecule has 0 saturated heterocycles. The van der Waals surface area contributed by atoms with Crippen LogP contribution in [-0.4, -0.2) is 17.4 Å². The summed E-state index contributed by atoms with van der Waals surface area (Å²) in [5, 5.41) is 6.89. The zero-order valence-corrected chi connectivity index (χ0v) is 18.4. The molecule has 1 atom stereocenters. The van der Waals surface area contributed by atoms with Crippen molar-refractivity contribution in [3.63, 3.8) is 0 Å². The Morgan fingerprint density at radius 2 is 1.48 bits per heavy atom. The third-order valence-electron chi connectivity index (χ3n) is 7.46. The van der Waals surface area contributed by atoms with Gasteiger partial charge in [0.2, 0.25) is 5.91 Å². The number of hydrogen-bond acceptors (Lipinski definition) is 2. The van der Waals surface area contributed by atoms with Gasteiger partial charge < -0.3 is 10.6 Å². The number of carbonyl (C=O) groups is 2. The molecule has 0 aliphatic heterocycles. The van der Waals surface area contributed by atoms with Gasteiger partial charge in [-0.15, -0.1) is 0 Å². The SMILES string of the molecule is O=C(C[C@H](NC(=O)c1ccccc1Cl)c1ccccc1)NC12CC3CC(CC(C3)C1)C2. The van der Waals surface area contributed by atoms with E-state index in [1.807, 2.05) is 30.3 Å². The van der Waals surface area contributed by atoms with Crippen LogP contribution in [-0.2, 0) is 4.79 Å². The largest absolute Gasteiger partial charge is 0.351 e. The number of amides is 2. The lowest BCUT2D eigenvalue weighted by Crippen LogP contribution is -2.60. The van der Waals surface area contributed by atoms with E-state index in [1.54, 1.807) is 24.3 Å². The Hall–Kier alpha value is -2.33. The fraction of sp³-hybridized carbons (Fsp3) is 0.462. The maximum atomic E-state index is 13.2. The van der Waals surface area contributed by atoms with Crippen LogP contribution in [0.3, 0.4) is 0 Å². The first-order chi connectivity index (χ1) is 15.0. The Morgan fingerprint density at radius 3 is 2.10 bits per heavy atom. The molecule has 4 bridgehead atoms. The Labute approximate surface area is 188 Å². The monoisotopic (exact) mass is 436 g/mol. The van der Waals surface area contributed by atoms with Crippen LogP contribution in [0.5, 0.6) is 0 Å². The first-order valence-corrected chi connectivity index (χ1v) is 11.8. The van der Waals surface area contributed by atoms with Crippen molar-refractivity contribution in [3.8, 4) is 0 Å². The molecule has 0 spiro atoms. The Kier molecular flexibility index (Phi) is 5.51. The number of benzene rings is 2. The minimum absolute atomic E-state index is 0.0234. The smallest absolute Gasteiger partial charge is 0.253 e. The molecular formula is C26H29ClN2O2. The number of halogens is 1. The molecule has 5 heteroatoms. The fourth-order valence-corrected chi connectivity index (χ4v) is 6.84. The summed E-state index contributed by atoms with van der Waals surface area (Å²) < 4.78 is 0. The molecule has 31 heavy (non-hydrogen) atoms. The Bertz CT molecular complexity index is 939. The third-order valence-corrected chi connectivity index (χ3v) is 7.79. The average Bonchev–Trinajstić information content (AvgIpc) is 2.72. The lowest BCUT2D eigenvalue weighted by atomic mass is 9.53. The van der Waals surface area contributed by atoms with Gasteiger partial charge in [0.1, 0.15) is 0 Å². The molecule has 4 fully saturated rings. The van der Waals surface area contributed by atoms with Crippen molar-refractivity contribution >= 4 is 23.4 Å². The fourth-order valence-electron chi connectivity index (χ4n) is 6.61. The van der Waals surface area contributed by atoms with Crippen LogP contribution in [0.25, 0.3) is 0 Å². The predicted octanol–water partition coefficient (Wildman–Crippen LogP) is 5.29. The summed E-state index contributed by atoms with van der Waals surface area (Å²) in [5.74, 6) is 2.08. The molecule has 4 saturated carbocycles. The van der Waals surface area contributed by atoms with Crippen molar-refractivity contribution in [1.82, 2.24) is 10.6 Å². The second kappa shape index (κ2) is 8.31. The zero-order chi connectivity index (χ0) is 21.4. The van der Waals surface area contributed by atoms with Crippen molar-refractivity contribution in [2.24, 2.45) is 17.8 Å². The van der Waals surface area contributed by atoms with Gasteiger partial charge in [-0.05, 0) is 74.0 Å². The summed E-state index contributed by atoms with van der Waals surface area (Å²) in [6.07, 6.45) is 7.61. The van der Waals surface area contributed by atoms with Gasteiger partial charge in [0.25, 0.3) is 5.91 Å². The van der Waals surface area contributed by atoms with Gasteiger partial charge >= 0.3 is 0 Å². The maximum absolute atomic E-state index is 13.2. The summed E-state index contributed by atoms with van der Waals surface area (Å²) >= 11 is 6.22. The second-order valence-corrected chi connectivity index (χ2v) is 10.3. The molecule has 162 valence electrons. The molecule has 0 heterocycles. The van der Waals surface area contributed by atoms with E-state index in [-0.39, 0.29) is 23.8 Å². The highest BCUT2D eigenvalue weighted by molar-refractivity contribution is 6.33. The first kappa shape index (κ1) is 20.6. The first-order valence-electron chi connectivity index (χ1n) is 11.4. The lowest BCUT2D eigenvalue weighted by molar-refractivity contribution is -0.127. The topological polar surface area (TPSA) is 58.2 Å². The standard InChI is InChI=1S/C26H29ClN2O2/c27-22-9-5-4-8-21(22)25(31)28-23(20-6-2-1-3-7-20)13-24(30)29-26-14-17-10-18(15-26)12-19(11-17)16-26/h1-9,17-19,23H,10-16H2,(H,28,31)(H,29,30)/t17?,18?,19?,23-,26?/m0/s1. The van der Waals surface area contributed by atoms with E-state index < -0.39 is 6.04 Å². The highest BCUT2D eigenvalue weighted by Gasteiger charge is 2.51. The van der Waals surface area contributed by atoms with Crippen molar-refractivity contribution in [2.45, 2.75) is 56.5 Å². The molecule has 4 aliphatic rings. The average molecular weight is 437 g/mol. The van der Waals surface area contributed by atoms with Crippen molar-refractivity contribution in [2.75, 3.05) is 0 Å². The van der Waals surface area contributed by atoms with Crippen molar-refractivity contribution in [3.05, 3.63) is 70.7 Å². The van der Waals surface area contributed by atoms with E-state index in [0.29, 0.717) is 10.6 Å². The molecule has 0 radical (unpaired) electrons. The molecule has 6 rings (SSSR count). The molecule has 4 aliphatic carbocycles. The van der Waals surface area contributed by atoms with E-state index in [1.165, 1.54) is 19.3 Å². The second-order valence-electron chi connectivity index (χ2n) is 9.87. The number of carbonyl (C=O) groups excluding carboxylic acids is 2. The van der Waals surface area contributed by atoms with Crippen LogP contribution in [0.2, 0.25) is 5.02 Å². The zero-order valence-electron chi connectivity index (χ0n) is 17.6. The van der Waals surface area contributed by atoms with Gasteiger partial charge in [0, 0.05) is 5.54 Å². The van der Waals surface area contributed by atoms with Gasteiger partial charge in [0.05, 0.1) is 23.0 Å². The minimum Gasteiger partial charge on any atom is -0.351 e. The number of rotatable bonds is 6. The molecular weight excluding hydrogens is 408 g/mol. The van der Waals surface area contributed by atoms with Crippen LogP contribution >= 0.6 is 11.6 Å². The normalized spacial score (nSPS) is 29.4. The van der Waals surface area contributed by atoms with E-state index in [0.717, 1.165) is 42.6 Å². The van der Waals surface area contributed by atoms with Crippen molar-refractivity contribution < 1.29 is 9.59 Å². The van der Waals surface area contributed by atoms with Crippen LogP contribution in [0.1, 0.15) is 66.9 Å². The minimum atomic E-state index is -0.404. The molecule has 0 aromatic heterocycles. The quantitative estimate of drug-likeness (QED) is 0.646. The van der Waals surface area contributed by atoms with Gasteiger partial charge in [-0.25, -0.2) is 0 Å². The number of hydrogen-bond donors (Lipinski definition) is 2. The third kappa shape index (κ3) is 4.36. The Morgan fingerprint density at radius 1 is 0.903 bits per heavy atom. The molecule has 4 nitrogen and oxygen atoms in total. The molecule has 2 N–H and O–H groups in total. The number of nitrogens with one attached hydrogen (secondary N) is 2. The van der Waals surface area contributed by atoms with E-state index in [9.17, 15) is 9.59 Å². The summed E-state index contributed by atoms with van der Waals surface area (Å²) in [4.78, 5) is 26.1. The summed E-state index contributed by atoms with van der Waals surface area (Å²) in [6, 6.07) is 16.3. The van der Waals surface area contributed by atoms with Gasteiger partial charge in [-0.3, -0.25) is 9.59 Å². The maximum Gasteiger partial charge on any atom is 0.253 e.